The summed E-state index contributed by atoms with van der Waals surface area (Å²) in [5.74, 6) is 0.976. The van der Waals surface area contributed by atoms with Crippen molar-refractivity contribution >= 4 is 18.7 Å². The molecule has 0 saturated carbocycles. The maximum Gasteiger partial charge on any atom is 0.410 e. The van der Waals surface area contributed by atoms with Gasteiger partial charge in [0.25, 0.3) is 0 Å². The molecule has 21 heavy (non-hydrogen) atoms. The number of likely N-dealkylation sites (tertiary alicyclic amines) is 1. The molecule has 0 bridgehead atoms. The van der Waals surface area contributed by atoms with E-state index in [0.717, 1.165) is 24.8 Å². The van der Waals surface area contributed by atoms with Crippen molar-refractivity contribution in [2.75, 3.05) is 18.8 Å². The number of aliphatic hydroxyl groups excluding tert-OH is 1. The predicted octanol–water partition coefficient (Wildman–Crippen LogP) is 2.72. The van der Waals surface area contributed by atoms with Crippen LogP contribution in [-0.4, -0.2) is 41.0 Å². The van der Waals surface area contributed by atoms with Crippen LogP contribution in [0.3, 0.4) is 0 Å². The number of benzene rings is 1. The lowest BCUT2D eigenvalue weighted by Crippen LogP contribution is -2.39. The van der Waals surface area contributed by atoms with Crippen molar-refractivity contribution in [3.63, 3.8) is 0 Å². The molecule has 0 aromatic heterocycles. The number of piperidine rings is 1. The first-order valence-electron chi connectivity index (χ1n) is 7.43. The number of nitrogens with zero attached hydrogens (tertiary/aromatic N) is 1. The molecular formula is C16H23NO3S. The first kappa shape index (κ1) is 16.2. The van der Waals surface area contributed by atoms with Crippen LogP contribution in [0.15, 0.2) is 30.3 Å². The molecule has 1 fully saturated rings. The van der Waals surface area contributed by atoms with Crippen molar-refractivity contribution in [2.24, 2.45) is 5.92 Å². The molecule has 1 aromatic rings. The molecule has 1 atom stereocenters. The minimum absolute atomic E-state index is 0.243. The van der Waals surface area contributed by atoms with Crippen LogP contribution in [0, 0.1) is 5.92 Å². The standard InChI is InChI=1S/C16H23NO3S/c18-15(12-21)10-13-6-8-17(9-7-13)16(19)20-11-14-4-2-1-3-5-14/h1-5,13,15,18,21H,6-12H2/t15-/m1/s1. The normalized spacial score (nSPS) is 17.5. The quantitative estimate of drug-likeness (QED) is 0.822. The molecule has 0 aliphatic carbocycles. The van der Waals surface area contributed by atoms with E-state index in [9.17, 15) is 9.90 Å². The van der Waals surface area contributed by atoms with E-state index in [1.807, 2.05) is 30.3 Å². The zero-order chi connectivity index (χ0) is 15.1. The van der Waals surface area contributed by atoms with Gasteiger partial charge < -0.3 is 14.7 Å². The Morgan fingerprint density at radius 2 is 2.00 bits per heavy atom. The van der Waals surface area contributed by atoms with Crippen LogP contribution in [0.5, 0.6) is 0 Å². The van der Waals surface area contributed by atoms with E-state index in [1.54, 1.807) is 4.90 Å². The lowest BCUT2D eigenvalue weighted by molar-refractivity contribution is 0.0748. The molecule has 4 nitrogen and oxygen atoms in total. The average molecular weight is 309 g/mol. The summed E-state index contributed by atoms with van der Waals surface area (Å²) in [7, 11) is 0. The van der Waals surface area contributed by atoms with Crippen molar-refractivity contribution < 1.29 is 14.6 Å². The zero-order valence-electron chi connectivity index (χ0n) is 12.1. The predicted molar refractivity (Wildman–Crippen MR) is 85.4 cm³/mol. The lowest BCUT2D eigenvalue weighted by Gasteiger charge is -2.32. The van der Waals surface area contributed by atoms with Gasteiger partial charge in [-0.2, -0.15) is 12.6 Å². The van der Waals surface area contributed by atoms with E-state index in [4.69, 9.17) is 4.74 Å². The molecule has 2 rings (SSSR count). The molecule has 0 spiro atoms. The summed E-state index contributed by atoms with van der Waals surface area (Å²) in [6, 6.07) is 9.69. The molecule has 116 valence electrons. The Bertz CT molecular complexity index is 432. The Kier molecular flexibility index (Phi) is 6.39. The number of aliphatic hydroxyl groups is 1. The smallest absolute Gasteiger partial charge is 0.410 e. The number of rotatable bonds is 5. The Hall–Kier alpha value is -1.20. The third-order valence-electron chi connectivity index (χ3n) is 3.89. The van der Waals surface area contributed by atoms with Crippen LogP contribution >= 0.6 is 12.6 Å². The number of ether oxygens (including phenoxy) is 1. The third kappa shape index (κ3) is 5.25. The highest BCUT2D eigenvalue weighted by atomic mass is 32.1. The summed E-state index contributed by atoms with van der Waals surface area (Å²) in [6.45, 7) is 1.73. The number of hydrogen-bond donors (Lipinski definition) is 2. The van der Waals surface area contributed by atoms with Crippen LogP contribution in [0.2, 0.25) is 0 Å². The van der Waals surface area contributed by atoms with Gasteiger partial charge in [0, 0.05) is 18.8 Å². The largest absolute Gasteiger partial charge is 0.445 e. The molecule has 1 amide bonds. The highest BCUT2D eigenvalue weighted by Gasteiger charge is 2.24. The summed E-state index contributed by atoms with van der Waals surface area (Å²) in [4.78, 5) is 13.8. The van der Waals surface area contributed by atoms with E-state index in [0.29, 0.717) is 31.4 Å². The third-order valence-corrected chi connectivity index (χ3v) is 4.32. The fourth-order valence-corrected chi connectivity index (χ4v) is 2.77. The molecule has 1 N–H and O–H groups in total. The van der Waals surface area contributed by atoms with E-state index < -0.39 is 0 Å². The molecule has 0 unspecified atom stereocenters. The Balaban J connectivity index is 1.70. The van der Waals surface area contributed by atoms with Crippen LogP contribution in [0.4, 0.5) is 4.79 Å². The second-order valence-electron chi connectivity index (χ2n) is 5.54. The van der Waals surface area contributed by atoms with Crippen molar-refractivity contribution in [3.8, 4) is 0 Å². The van der Waals surface area contributed by atoms with Crippen molar-refractivity contribution in [1.29, 1.82) is 0 Å². The van der Waals surface area contributed by atoms with E-state index >= 15 is 0 Å². The minimum atomic E-state index is -0.338. The molecule has 1 aliphatic rings. The van der Waals surface area contributed by atoms with Gasteiger partial charge in [0.15, 0.2) is 0 Å². The summed E-state index contributed by atoms with van der Waals surface area (Å²) in [5.41, 5.74) is 0.998. The van der Waals surface area contributed by atoms with Crippen molar-refractivity contribution in [3.05, 3.63) is 35.9 Å². The van der Waals surface area contributed by atoms with Crippen molar-refractivity contribution in [2.45, 2.75) is 32.0 Å². The van der Waals surface area contributed by atoms with Crippen LogP contribution < -0.4 is 0 Å². The fraction of sp³-hybridized carbons (Fsp3) is 0.562. The van der Waals surface area contributed by atoms with Gasteiger partial charge in [-0.05, 0) is 30.7 Å². The van der Waals surface area contributed by atoms with Gasteiger partial charge in [-0.3, -0.25) is 0 Å². The maximum absolute atomic E-state index is 12.0. The molecule has 5 heteroatoms. The van der Waals surface area contributed by atoms with Gasteiger partial charge in [-0.25, -0.2) is 4.79 Å². The molecule has 0 radical (unpaired) electrons. The number of hydrogen-bond acceptors (Lipinski definition) is 4. The van der Waals surface area contributed by atoms with Crippen LogP contribution in [0.25, 0.3) is 0 Å². The van der Waals surface area contributed by atoms with E-state index in [1.165, 1.54) is 0 Å². The topological polar surface area (TPSA) is 49.8 Å². The van der Waals surface area contributed by atoms with Crippen LogP contribution in [0.1, 0.15) is 24.8 Å². The van der Waals surface area contributed by atoms with Gasteiger partial charge in [0.1, 0.15) is 6.61 Å². The van der Waals surface area contributed by atoms with Gasteiger partial charge in [0.05, 0.1) is 6.10 Å². The second-order valence-corrected chi connectivity index (χ2v) is 5.91. The van der Waals surface area contributed by atoms with E-state index in [2.05, 4.69) is 12.6 Å². The molecule has 1 aromatic carbocycles. The Morgan fingerprint density at radius 1 is 1.33 bits per heavy atom. The molecular weight excluding hydrogens is 286 g/mol. The first-order valence-corrected chi connectivity index (χ1v) is 8.07. The average Bonchev–Trinajstić information content (AvgIpc) is 2.54. The molecule has 1 heterocycles. The number of thiol groups is 1. The fourth-order valence-electron chi connectivity index (χ4n) is 2.62. The SMILES string of the molecule is O=C(OCc1ccccc1)N1CCC(C[C@@H](O)CS)CC1. The monoisotopic (exact) mass is 309 g/mol. The Morgan fingerprint density at radius 3 is 2.62 bits per heavy atom. The highest BCUT2D eigenvalue weighted by molar-refractivity contribution is 7.80. The van der Waals surface area contributed by atoms with Gasteiger partial charge >= 0.3 is 6.09 Å². The van der Waals surface area contributed by atoms with Crippen LogP contribution in [-0.2, 0) is 11.3 Å². The molecule has 1 aliphatic heterocycles. The summed E-state index contributed by atoms with van der Waals surface area (Å²) in [6.07, 6.45) is 2.04. The van der Waals surface area contributed by atoms with Gasteiger partial charge in [-0.15, -0.1) is 0 Å². The van der Waals surface area contributed by atoms with Gasteiger partial charge in [0.2, 0.25) is 0 Å². The second kappa shape index (κ2) is 8.29. The summed E-state index contributed by atoms with van der Waals surface area (Å²) in [5, 5.41) is 9.61. The number of amides is 1. The lowest BCUT2D eigenvalue weighted by atomic mass is 9.92. The van der Waals surface area contributed by atoms with Gasteiger partial charge in [-0.1, -0.05) is 30.3 Å². The van der Waals surface area contributed by atoms with E-state index in [-0.39, 0.29) is 12.2 Å². The minimum Gasteiger partial charge on any atom is -0.445 e. The Labute approximate surface area is 131 Å². The number of carbonyl (C=O) groups excluding carboxylic acids is 1. The zero-order valence-corrected chi connectivity index (χ0v) is 13.0. The van der Waals surface area contributed by atoms with Crippen molar-refractivity contribution in [1.82, 2.24) is 4.90 Å². The number of carbonyl (C=O) groups is 1. The summed E-state index contributed by atoms with van der Waals surface area (Å²) >= 11 is 4.09. The first-order chi connectivity index (χ1) is 10.2. The molecule has 1 saturated heterocycles. The maximum atomic E-state index is 12.0. The summed E-state index contributed by atoms with van der Waals surface area (Å²) < 4.78 is 5.33. The highest BCUT2D eigenvalue weighted by Crippen LogP contribution is 2.22.